The van der Waals surface area contributed by atoms with Gasteiger partial charge in [-0.2, -0.15) is 10.4 Å². The SMILES string of the molecule is CCCn1cc(Oc2ccc(C#N)c(N)c2)cn1. The van der Waals surface area contributed by atoms with E-state index in [9.17, 15) is 0 Å². The molecule has 5 nitrogen and oxygen atoms in total. The van der Waals surface area contributed by atoms with Gasteiger partial charge in [-0.25, -0.2) is 0 Å². The molecule has 0 saturated heterocycles. The number of aromatic nitrogens is 2. The van der Waals surface area contributed by atoms with Crippen LogP contribution in [0.3, 0.4) is 0 Å². The number of anilines is 1. The smallest absolute Gasteiger partial charge is 0.165 e. The maximum Gasteiger partial charge on any atom is 0.165 e. The van der Waals surface area contributed by atoms with Crippen molar-refractivity contribution in [2.24, 2.45) is 0 Å². The fourth-order valence-corrected chi connectivity index (χ4v) is 1.59. The molecule has 0 aliphatic carbocycles. The van der Waals surface area contributed by atoms with Crippen molar-refractivity contribution in [3.8, 4) is 17.6 Å². The molecule has 1 aromatic heterocycles. The van der Waals surface area contributed by atoms with Gasteiger partial charge in [-0.1, -0.05) is 6.92 Å². The van der Waals surface area contributed by atoms with Gasteiger partial charge in [0.1, 0.15) is 11.8 Å². The summed E-state index contributed by atoms with van der Waals surface area (Å²) in [6.45, 7) is 2.95. The van der Waals surface area contributed by atoms with Gasteiger partial charge in [0, 0.05) is 12.6 Å². The molecular formula is C13H14N4O. The van der Waals surface area contributed by atoms with E-state index < -0.39 is 0 Å². The van der Waals surface area contributed by atoms with Gasteiger partial charge < -0.3 is 10.5 Å². The maximum atomic E-state index is 8.78. The molecule has 0 aliphatic rings. The Bertz CT molecular complexity index is 583. The van der Waals surface area contributed by atoms with Gasteiger partial charge in [-0.3, -0.25) is 4.68 Å². The monoisotopic (exact) mass is 242 g/mol. The second kappa shape index (κ2) is 5.23. The molecule has 0 fully saturated rings. The molecule has 0 radical (unpaired) electrons. The van der Waals surface area contributed by atoms with Crippen LogP contribution >= 0.6 is 0 Å². The van der Waals surface area contributed by atoms with Gasteiger partial charge in [0.05, 0.1) is 23.6 Å². The van der Waals surface area contributed by atoms with Gasteiger partial charge in [0.15, 0.2) is 5.75 Å². The third-order valence-electron chi connectivity index (χ3n) is 2.44. The van der Waals surface area contributed by atoms with E-state index in [1.54, 1.807) is 24.4 Å². The number of aryl methyl sites for hydroxylation is 1. The lowest BCUT2D eigenvalue weighted by molar-refractivity contribution is 0.481. The highest BCUT2D eigenvalue weighted by atomic mass is 16.5. The Morgan fingerprint density at radius 1 is 1.44 bits per heavy atom. The van der Waals surface area contributed by atoms with Crippen LogP contribution in [0, 0.1) is 11.3 Å². The van der Waals surface area contributed by atoms with Crippen LogP contribution in [-0.2, 0) is 6.54 Å². The molecule has 18 heavy (non-hydrogen) atoms. The van der Waals surface area contributed by atoms with Gasteiger partial charge in [-0.05, 0) is 18.6 Å². The summed E-state index contributed by atoms with van der Waals surface area (Å²) in [6, 6.07) is 7.00. The summed E-state index contributed by atoms with van der Waals surface area (Å²) in [5.41, 5.74) is 6.58. The zero-order valence-corrected chi connectivity index (χ0v) is 10.1. The molecule has 2 rings (SSSR count). The van der Waals surface area contributed by atoms with Crippen molar-refractivity contribution >= 4 is 5.69 Å². The van der Waals surface area contributed by atoms with Crippen molar-refractivity contribution in [1.82, 2.24) is 9.78 Å². The molecule has 0 bridgehead atoms. The highest BCUT2D eigenvalue weighted by Gasteiger charge is 2.04. The molecule has 0 saturated carbocycles. The van der Waals surface area contributed by atoms with Gasteiger partial charge in [-0.15, -0.1) is 0 Å². The largest absolute Gasteiger partial charge is 0.454 e. The number of hydrogen-bond acceptors (Lipinski definition) is 4. The molecular weight excluding hydrogens is 228 g/mol. The van der Waals surface area contributed by atoms with Crippen LogP contribution in [0.15, 0.2) is 30.6 Å². The fraction of sp³-hybridized carbons (Fsp3) is 0.231. The first kappa shape index (κ1) is 12.0. The summed E-state index contributed by atoms with van der Waals surface area (Å²) < 4.78 is 7.43. The molecule has 92 valence electrons. The topological polar surface area (TPSA) is 76.9 Å². The van der Waals surface area contributed by atoms with Crippen molar-refractivity contribution in [3.63, 3.8) is 0 Å². The Kier molecular flexibility index (Phi) is 3.49. The molecule has 0 atom stereocenters. The first-order valence-corrected chi connectivity index (χ1v) is 5.73. The Morgan fingerprint density at radius 2 is 2.28 bits per heavy atom. The predicted molar refractivity (Wildman–Crippen MR) is 68.2 cm³/mol. The number of nitrogens with zero attached hydrogens (tertiary/aromatic N) is 3. The third kappa shape index (κ3) is 2.61. The second-order valence-electron chi connectivity index (χ2n) is 3.90. The van der Waals surface area contributed by atoms with Crippen molar-refractivity contribution in [2.75, 3.05) is 5.73 Å². The van der Waals surface area contributed by atoms with E-state index in [0.717, 1.165) is 13.0 Å². The molecule has 1 aromatic carbocycles. The molecule has 0 aliphatic heterocycles. The van der Waals surface area contributed by atoms with E-state index in [1.807, 2.05) is 16.9 Å². The van der Waals surface area contributed by atoms with E-state index in [4.69, 9.17) is 15.7 Å². The minimum Gasteiger partial charge on any atom is -0.454 e. The van der Waals surface area contributed by atoms with E-state index in [2.05, 4.69) is 12.0 Å². The number of hydrogen-bond donors (Lipinski definition) is 1. The number of nitrogen functional groups attached to an aromatic ring is 1. The normalized spacial score (nSPS) is 10.0. The first-order valence-electron chi connectivity index (χ1n) is 5.73. The van der Waals surface area contributed by atoms with Gasteiger partial charge in [0.25, 0.3) is 0 Å². The summed E-state index contributed by atoms with van der Waals surface area (Å²) in [5.74, 6) is 1.26. The van der Waals surface area contributed by atoms with Crippen LogP contribution < -0.4 is 10.5 Å². The van der Waals surface area contributed by atoms with Crippen LogP contribution in [0.5, 0.6) is 11.5 Å². The Balaban J connectivity index is 2.13. The van der Waals surface area contributed by atoms with Crippen molar-refractivity contribution in [3.05, 3.63) is 36.2 Å². The number of ether oxygens (including phenoxy) is 1. The minimum atomic E-state index is 0.413. The number of rotatable bonds is 4. The van der Waals surface area contributed by atoms with E-state index in [0.29, 0.717) is 22.7 Å². The first-order chi connectivity index (χ1) is 8.72. The number of nitriles is 1. The summed E-state index contributed by atoms with van der Waals surface area (Å²) in [5, 5.41) is 12.9. The standard InChI is InChI=1S/C13H14N4O/c1-2-5-17-9-12(8-16-17)18-11-4-3-10(7-14)13(15)6-11/h3-4,6,8-9H,2,5,15H2,1H3. The Morgan fingerprint density at radius 3 is 2.94 bits per heavy atom. The number of nitrogens with two attached hydrogens (primary N) is 1. The van der Waals surface area contributed by atoms with Crippen molar-refractivity contribution in [1.29, 1.82) is 5.26 Å². The summed E-state index contributed by atoms with van der Waals surface area (Å²) in [6.07, 6.45) is 4.51. The van der Waals surface area contributed by atoms with E-state index in [1.165, 1.54) is 0 Å². The average molecular weight is 242 g/mol. The van der Waals surface area contributed by atoms with Crippen molar-refractivity contribution in [2.45, 2.75) is 19.9 Å². The summed E-state index contributed by atoms with van der Waals surface area (Å²) in [7, 11) is 0. The lowest BCUT2D eigenvalue weighted by atomic mass is 10.2. The number of benzene rings is 1. The van der Waals surface area contributed by atoms with Crippen LogP contribution in [0.25, 0.3) is 0 Å². The highest BCUT2D eigenvalue weighted by molar-refractivity contribution is 5.57. The van der Waals surface area contributed by atoms with Gasteiger partial charge >= 0.3 is 0 Å². The molecule has 2 aromatic rings. The lowest BCUT2D eigenvalue weighted by Crippen LogP contribution is -1.95. The van der Waals surface area contributed by atoms with Crippen LogP contribution in [0.2, 0.25) is 0 Å². The average Bonchev–Trinajstić information content (AvgIpc) is 2.77. The van der Waals surface area contributed by atoms with E-state index >= 15 is 0 Å². The maximum absolute atomic E-state index is 8.78. The Hall–Kier alpha value is -2.48. The quantitative estimate of drug-likeness (QED) is 0.836. The second-order valence-corrected chi connectivity index (χ2v) is 3.90. The van der Waals surface area contributed by atoms with Crippen LogP contribution in [0.4, 0.5) is 5.69 Å². The Labute approximate surface area is 105 Å². The van der Waals surface area contributed by atoms with Gasteiger partial charge in [0.2, 0.25) is 0 Å². The molecule has 0 amide bonds. The highest BCUT2D eigenvalue weighted by Crippen LogP contribution is 2.24. The molecule has 2 N–H and O–H groups in total. The van der Waals surface area contributed by atoms with E-state index in [-0.39, 0.29) is 0 Å². The van der Waals surface area contributed by atoms with Crippen LogP contribution in [-0.4, -0.2) is 9.78 Å². The summed E-state index contributed by atoms with van der Waals surface area (Å²) >= 11 is 0. The summed E-state index contributed by atoms with van der Waals surface area (Å²) in [4.78, 5) is 0. The molecule has 5 heteroatoms. The minimum absolute atomic E-state index is 0.413. The van der Waals surface area contributed by atoms with Crippen molar-refractivity contribution < 1.29 is 4.74 Å². The predicted octanol–water partition coefficient (Wildman–Crippen LogP) is 2.54. The zero-order chi connectivity index (χ0) is 13.0. The third-order valence-corrected chi connectivity index (χ3v) is 2.44. The lowest BCUT2D eigenvalue weighted by Gasteiger charge is -2.04. The fourth-order valence-electron chi connectivity index (χ4n) is 1.59. The molecule has 0 spiro atoms. The molecule has 0 unspecified atom stereocenters. The van der Waals surface area contributed by atoms with Crippen LogP contribution in [0.1, 0.15) is 18.9 Å². The molecule has 1 heterocycles. The zero-order valence-electron chi connectivity index (χ0n) is 10.1.